The minimum atomic E-state index is -0.793. The molecule has 0 atom stereocenters. The molecule has 1 N–H and O–H groups in total. The number of Topliss-reactive ketones (excluding diaryl/α,β-unsaturated/α-hetero) is 1. The van der Waals surface area contributed by atoms with E-state index in [-0.39, 0.29) is 15.8 Å². The van der Waals surface area contributed by atoms with Gasteiger partial charge in [0.15, 0.2) is 12.4 Å². The Hall–Kier alpha value is -3.07. The Balaban J connectivity index is 1.91. The fraction of sp³-hybridized carbons (Fsp3) is 0.188. The van der Waals surface area contributed by atoms with Gasteiger partial charge in [-0.2, -0.15) is 0 Å². The van der Waals surface area contributed by atoms with Gasteiger partial charge in [-0.15, -0.1) is 0 Å². The highest BCUT2D eigenvalue weighted by Gasteiger charge is 2.17. The first-order valence-corrected chi connectivity index (χ1v) is 8.06. The number of esters is 1. The molecule has 1 aromatic carbocycles. The molecule has 0 bridgehead atoms. The highest BCUT2D eigenvalue weighted by molar-refractivity contribution is 7.17. The maximum Gasteiger partial charge on any atom is 0.349 e. The molecule has 25 heavy (non-hydrogen) atoms. The van der Waals surface area contributed by atoms with Gasteiger partial charge in [0.2, 0.25) is 5.91 Å². The van der Waals surface area contributed by atoms with Crippen molar-refractivity contribution in [3.05, 3.63) is 57.0 Å². The van der Waals surface area contributed by atoms with Gasteiger partial charge in [0.25, 0.3) is 0 Å². The van der Waals surface area contributed by atoms with E-state index in [0.29, 0.717) is 29.0 Å². The van der Waals surface area contributed by atoms with Gasteiger partial charge >= 0.3 is 11.0 Å². The predicted octanol–water partition coefficient (Wildman–Crippen LogP) is 3.04. The van der Waals surface area contributed by atoms with Gasteiger partial charge in [-0.1, -0.05) is 18.3 Å². The van der Waals surface area contributed by atoms with Gasteiger partial charge in [-0.25, -0.2) is 4.79 Å². The molecule has 0 saturated carbocycles. The number of ether oxygens (including phenoxy) is 1. The number of nitrogens with zero attached hydrogens (tertiary/aromatic N) is 1. The third kappa shape index (κ3) is 4.95. The molecule has 130 valence electrons. The summed E-state index contributed by atoms with van der Waals surface area (Å²) in [4.78, 5) is 45.1. The van der Waals surface area contributed by atoms with Crippen LogP contribution < -0.4 is 5.32 Å². The number of benzene rings is 1. The highest BCUT2D eigenvalue weighted by atomic mass is 32.1. The SMILES string of the molecule is CCC(=O)Nc1ccc(C(=O)COC(=O)c2ccc([N+](=O)[O-])s2)cc1. The maximum absolute atomic E-state index is 12.0. The Labute approximate surface area is 146 Å². The number of carbonyl (C=O) groups is 3. The Morgan fingerprint density at radius 3 is 2.40 bits per heavy atom. The summed E-state index contributed by atoms with van der Waals surface area (Å²) < 4.78 is 4.88. The first kappa shape index (κ1) is 18.3. The molecule has 0 aliphatic heterocycles. The van der Waals surface area contributed by atoms with E-state index >= 15 is 0 Å². The van der Waals surface area contributed by atoms with E-state index < -0.39 is 23.3 Å². The van der Waals surface area contributed by atoms with Crippen LogP contribution in [0.2, 0.25) is 0 Å². The van der Waals surface area contributed by atoms with Crippen molar-refractivity contribution in [1.82, 2.24) is 0 Å². The Morgan fingerprint density at radius 1 is 1.16 bits per heavy atom. The standard InChI is InChI=1S/C16H14N2O6S/c1-2-14(20)17-11-5-3-10(4-6-11)12(19)9-24-16(21)13-7-8-15(25-13)18(22)23/h3-8H,2,9H2,1H3,(H,17,20). The molecule has 8 nitrogen and oxygen atoms in total. The van der Waals surface area contributed by atoms with E-state index in [1.807, 2.05) is 0 Å². The second-order valence-corrected chi connectivity index (χ2v) is 5.94. The number of hydrogen-bond donors (Lipinski definition) is 1. The van der Waals surface area contributed by atoms with Crippen LogP contribution in [-0.4, -0.2) is 29.2 Å². The summed E-state index contributed by atoms with van der Waals surface area (Å²) >= 11 is 0.681. The smallest absolute Gasteiger partial charge is 0.349 e. The predicted molar refractivity (Wildman–Crippen MR) is 90.9 cm³/mol. The fourth-order valence-corrected chi connectivity index (χ4v) is 2.52. The van der Waals surface area contributed by atoms with Gasteiger partial charge in [-0.3, -0.25) is 19.7 Å². The van der Waals surface area contributed by atoms with E-state index in [9.17, 15) is 24.5 Å². The van der Waals surface area contributed by atoms with Crippen LogP contribution in [0, 0.1) is 10.1 Å². The van der Waals surface area contributed by atoms with Crippen molar-refractivity contribution in [1.29, 1.82) is 0 Å². The Kier molecular flexibility index (Phi) is 5.96. The average molecular weight is 362 g/mol. The molecule has 0 unspecified atom stereocenters. The van der Waals surface area contributed by atoms with Crippen molar-refractivity contribution in [2.45, 2.75) is 13.3 Å². The van der Waals surface area contributed by atoms with Crippen LogP contribution in [0.15, 0.2) is 36.4 Å². The minimum absolute atomic E-state index is 0.0529. The van der Waals surface area contributed by atoms with Crippen LogP contribution in [0.25, 0.3) is 0 Å². The Morgan fingerprint density at radius 2 is 1.84 bits per heavy atom. The summed E-state index contributed by atoms with van der Waals surface area (Å²) in [5.41, 5.74) is 0.880. The summed E-state index contributed by atoms with van der Waals surface area (Å²) in [5, 5.41) is 13.1. The first-order valence-electron chi connectivity index (χ1n) is 7.25. The van der Waals surface area contributed by atoms with Gasteiger partial charge in [-0.05, 0) is 30.3 Å². The molecular weight excluding hydrogens is 348 g/mol. The number of hydrogen-bond acceptors (Lipinski definition) is 7. The van der Waals surface area contributed by atoms with Gasteiger partial charge in [0.05, 0.1) is 4.92 Å². The first-order chi connectivity index (χ1) is 11.9. The number of nitro groups is 1. The van der Waals surface area contributed by atoms with Crippen LogP contribution in [0.4, 0.5) is 10.7 Å². The summed E-state index contributed by atoms with van der Waals surface area (Å²) in [7, 11) is 0. The Bertz CT molecular complexity index is 812. The lowest BCUT2D eigenvalue weighted by atomic mass is 10.1. The molecule has 1 aromatic heterocycles. The van der Waals surface area contributed by atoms with Crippen LogP contribution >= 0.6 is 11.3 Å². The molecule has 0 radical (unpaired) electrons. The van der Waals surface area contributed by atoms with Crippen LogP contribution in [0.1, 0.15) is 33.4 Å². The zero-order valence-corrected chi connectivity index (χ0v) is 14.0. The van der Waals surface area contributed by atoms with E-state index in [2.05, 4.69) is 5.32 Å². The number of nitrogens with one attached hydrogen (secondary N) is 1. The summed E-state index contributed by atoms with van der Waals surface area (Å²) in [5.74, 6) is -1.36. The zero-order chi connectivity index (χ0) is 18.4. The summed E-state index contributed by atoms with van der Waals surface area (Å²) in [6.45, 7) is 1.25. The molecule has 9 heteroatoms. The number of ketones is 1. The van der Waals surface area contributed by atoms with Crippen LogP contribution in [0.5, 0.6) is 0 Å². The van der Waals surface area contributed by atoms with Gasteiger partial charge in [0.1, 0.15) is 4.88 Å². The minimum Gasteiger partial charge on any atom is -0.453 e. The maximum atomic E-state index is 12.0. The quantitative estimate of drug-likeness (QED) is 0.350. The average Bonchev–Trinajstić information content (AvgIpc) is 3.10. The second-order valence-electron chi connectivity index (χ2n) is 4.87. The molecule has 0 saturated heterocycles. The van der Waals surface area contributed by atoms with E-state index in [1.165, 1.54) is 24.3 Å². The van der Waals surface area contributed by atoms with Crippen molar-refractivity contribution < 1.29 is 24.0 Å². The molecular formula is C16H14N2O6S. The van der Waals surface area contributed by atoms with Crippen molar-refractivity contribution >= 4 is 39.7 Å². The monoisotopic (exact) mass is 362 g/mol. The number of carbonyl (C=O) groups excluding carboxylic acids is 3. The summed E-state index contributed by atoms with van der Waals surface area (Å²) in [6.07, 6.45) is 0.345. The second kappa shape index (κ2) is 8.15. The van der Waals surface area contributed by atoms with Gasteiger partial charge in [0, 0.05) is 23.7 Å². The molecule has 1 amide bonds. The van der Waals surface area contributed by atoms with E-state index in [1.54, 1.807) is 19.1 Å². The number of rotatable bonds is 7. The zero-order valence-electron chi connectivity index (χ0n) is 13.2. The topological polar surface area (TPSA) is 116 Å². The van der Waals surface area contributed by atoms with Crippen molar-refractivity contribution in [2.24, 2.45) is 0 Å². The van der Waals surface area contributed by atoms with E-state index in [4.69, 9.17) is 4.74 Å². The fourth-order valence-electron chi connectivity index (χ4n) is 1.81. The molecule has 2 aromatic rings. The van der Waals surface area contributed by atoms with Crippen LogP contribution in [-0.2, 0) is 9.53 Å². The molecule has 0 spiro atoms. The summed E-state index contributed by atoms with van der Waals surface area (Å²) in [6, 6.07) is 8.65. The number of anilines is 1. The highest BCUT2D eigenvalue weighted by Crippen LogP contribution is 2.24. The number of amides is 1. The lowest BCUT2D eigenvalue weighted by Crippen LogP contribution is -2.14. The third-order valence-electron chi connectivity index (χ3n) is 3.12. The third-order valence-corrected chi connectivity index (χ3v) is 4.14. The lowest BCUT2D eigenvalue weighted by molar-refractivity contribution is -0.380. The number of thiophene rings is 1. The molecule has 2 rings (SSSR count). The largest absolute Gasteiger partial charge is 0.453 e. The van der Waals surface area contributed by atoms with Crippen LogP contribution in [0.3, 0.4) is 0 Å². The van der Waals surface area contributed by atoms with Crippen molar-refractivity contribution in [2.75, 3.05) is 11.9 Å². The molecule has 0 aliphatic carbocycles. The molecule has 0 aliphatic rings. The lowest BCUT2D eigenvalue weighted by Gasteiger charge is -2.05. The van der Waals surface area contributed by atoms with E-state index in [0.717, 1.165) is 0 Å². The van der Waals surface area contributed by atoms with Gasteiger partial charge < -0.3 is 10.1 Å². The van der Waals surface area contributed by atoms with Crippen molar-refractivity contribution in [3.8, 4) is 0 Å². The van der Waals surface area contributed by atoms with Crippen molar-refractivity contribution in [3.63, 3.8) is 0 Å². The normalized spacial score (nSPS) is 10.1. The molecule has 1 heterocycles. The molecule has 0 fully saturated rings.